The Hall–Kier alpha value is -2.71. The number of halogens is 2. The van der Waals surface area contributed by atoms with Gasteiger partial charge in [-0.15, -0.1) is 0 Å². The number of carbonyl (C=O) groups is 1. The highest BCUT2D eigenvalue weighted by atomic mass is 19.1. The lowest BCUT2D eigenvalue weighted by Gasteiger charge is -2.29. The van der Waals surface area contributed by atoms with Crippen LogP contribution in [-0.4, -0.2) is 45.4 Å². The number of anilines is 1. The van der Waals surface area contributed by atoms with E-state index < -0.39 is 11.6 Å². The van der Waals surface area contributed by atoms with E-state index in [1.807, 2.05) is 12.1 Å². The molecule has 0 bridgehead atoms. The molecule has 0 spiro atoms. The Bertz CT molecular complexity index is 870. The summed E-state index contributed by atoms with van der Waals surface area (Å²) in [6.07, 6.45) is 0. The van der Waals surface area contributed by atoms with Gasteiger partial charge >= 0.3 is 0 Å². The van der Waals surface area contributed by atoms with Gasteiger partial charge in [-0.2, -0.15) is 0 Å². The molecule has 148 valence electrons. The van der Waals surface area contributed by atoms with Crippen molar-refractivity contribution in [1.82, 2.24) is 0 Å². The third kappa shape index (κ3) is 4.40. The topological polar surface area (TPSA) is 56.4 Å². The van der Waals surface area contributed by atoms with Gasteiger partial charge in [0.1, 0.15) is 44.4 Å². The van der Waals surface area contributed by atoms with Gasteiger partial charge in [0.25, 0.3) is 5.91 Å². The van der Waals surface area contributed by atoms with E-state index in [0.29, 0.717) is 0 Å². The van der Waals surface area contributed by atoms with E-state index in [2.05, 4.69) is 11.4 Å². The van der Waals surface area contributed by atoms with Crippen molar-refractivity contribution in [3.8, 4) is 11.5 Å². The van der Waals surface area contributed by atoms with E-state index in [1.54, 1.807) is 0 Å². The first-order valence-corrected chi connectivity index (χ1v) is 9.37. The number of ether oxygens (including phenoxy) is 2. The van der Waals surface area contributed by atoms with Crippen molar-refractivity contribution in [3.05, 3.63) is 53.6 Å². The van der Waals surface area contributed by atoms with Gasteiger partial charge in [-0.25, -0.2) is 8.78 Å². The minimum Gasteiger partial charge on any atom is -0.454 e. The van der Waals surface area contributed by atoms with Crippen LogP contribution in [0.2, 0.25) is 0 Å². The third-order valence-electron chi connectivity index (χ3n) is 5.17. The summed E-state index contributed by atoms with van der Waals surface area (Å²) >= 11 is 0. The van der Waals surface area contributed by atoms with E-state index in [-0.39, 0.29) is 24.9 Å². The lowest BCUT2D eigenvalue weighted by molar-refractivity contribution is -1.02. The molecule has 2 aliphatic heterocycles. The van der Waals surface area contributed by atoms with Gasteiger partial charge < -0.3 is 24.6 Å². The van der Waals surface area contributed by atoms with Crippen molar-refractivity contribution in [1.29, 1.82) is 0 Å². The Morgan fingerprint density at radius 1 is 0.964 bits per heavy atom. The second kappa shape index (κ2) is 8.12. The molecule has 1 amide bonds. The highest BCUT2D eigenvalue weighted by Crippen LogP contribution is 2.32. The number of amides is 1. The predicted octanol–water partition coefficient (Wildman–Crippen LogP) is -0.384. The Balaban J connectivity index is 1.24. The van der Waals surface area contributed by atoms with Crippen molar-refractivity contribution in [3.63, 3.8) is 0 Å². The number of nitrogens with one attached hydrogen (secondary N) is 3. The fourth-order valence-corrected chi connectivity index (χ4v) is 3.66. The second-order valence-electron chi connectivity index (χ2n) is 7.21. The summed E-state index contributed by atoms with van der Waals surface area (Å²) < 4.78 is 37.4. The molecular weight excluding hydrogens is 368 g/mol. The Morgan fingerprint density at radius 2 is 1.71 bits per heavy atom. The lowest BCUT2D eigenvalue weighted by Crippen LogP contribution is -3.28. The van der Waals surface area contributed by atoms with Crippen LogP contribution in [-0.2, 0) is 11.3 Å². The average molecular weight is 391 g/mol. The standard InChI is InChI=1S/C20H21F2N3O3/c21-15-2-3-17(16(22)10-15)23-20(26)12-25-7-5-24(6-8-25)11-14-1-4-18-19(9-14)28-13-27-18/h1-4,9-10H,5-8,11-13H2,(H,23,26)/p+2. The minimum absolute atomic E-state index is 0.0119. The molecule has 1 fully saturated rings. The first-order valence-electron chi connectivity index (χ1n) is 9.37. The Kier molecular flexibility index (Phi) is 5.40. The van der Waals surface area contributed by atoms with E-state index in [1.165, 1.54) is 16.5 Å². The van der Waals surface area contributed by atoms with Crippen molar-refractivity contribution in [2.24, 2.45) is 0 Å². The van der Waals surface area contributed by atoms with E-state index in [4.69, 9.17) is 9.47 Å². The van der Waals surface area contributed by atoms with Gasteiger partial charge in [-0.1, -0.05) is 0 Å². The molecule has 0 aliphatic carbocycles. The lowest BCUT2D eigenvalue weighted by atomic mass is 10.1. The zero-order valence-electron chi connectivity index (χ0n) is 15.4. The molecule has 1 saturated heterocycles. The van der Waals surface area contributed by atoms with Crippen LogP contribution in [0.1, 0.15) is 5.56 Å². The van der Waals surface area contributed by atoms with Gasteiger partial charge in [0, 0.05) is 11.6 Å². The van der Waals surface area contributed by atoms with Crippen molar-refractivity contribution in [2.45, 2.75) is 6.54 Å². The number of benzene rings is 2. The average Bonchev–Trinajstić information content (AvgIpc) is 3.13. The van der Waals surface area contributed by atoms with Gasteiger partial charge in [-0.3, -0.25) is 4.79 Å². The quantitative estimate of drug-likeness (QED) is 0.651. The number of quaternary nitrogens is 2. The van der Waals surface area contributed by atoms with E-state index in [9.17, 15) is 13.6 Å². The molecular formula is C20H23F2N3O3+2. The molecule has 2 heterocycles. The molecule has 4 rings (SSSR count). The summed E-state index contributed by atoms with van der Waals surface area (Å²) in [6.45, 7) is 5.06. The first-order chi connectivity index (χ1) is 13.6. The van der Waals surface area contributed by atoms with Crippen molar-refractivity contribution in [2.75, 3.05) is 44.8 Å². The number of hydrogen-bond donors (Lipinski definition) is 3. The maximum absolute atomic E-state index is 13.6. The van der Waals surface area contributed by atoms with Gasteiger partial charge in [0.2, 0.25) is 6.79 Å². The van der Waals surface area contributed by atoms with Crippen LogP contribution in [0, 0.1) is 11.6 Å². The summed E-state index contributed by atoms with van der Waals surface area (Å²) in [6, 6.07) is 9.16. The van der Waals surface area contributed by atoms with Crippen LogP contribution in [0.5, 0.6) is 11.5 Å². The number of rotatable bonds is 5. The molecule has 2 aromatic rings. The van der Waals surface area contributed by atoms with E-state index >= 15 is 0 Å². The smallest absolute Gasteiger partial charge is 0.279 e. The number of carbonyl (C=O) groups excluding carboxylic acids is 1. The first kappa shape index (κ1) is 18.6. The van der Waals surface area contributed by atoms with Crippen LogP contribution in [0.3, 0.4) is 0 Å². The summed E-state index contributed by atoms with van der Waals surface area (Å²) in [5.74, 6) is -0.105. The van der Waals surface area contributed by atoms with Gasteiger partial charge in [0.15, 0.2) is 18.0 Å². The highest BCUT2D eigenvalue weighted by molar-refractivity contribution is 5.91. The normalized spacial score (nSPS) is 20.8. The summed E-state index contributed by atoms with van der Waals surface area (Å²) in [5.41, 5.74) is 1.21. The highest BCUT2D eigenvalue weighted by Gasteiger charge is 2.26. The van der Waals surface area contributed by atoms with E-state index in [0.717, 1.165) is 61.3 Å². The van der Waals surface area contributed by atoms with Crippen LogP contribution < -0.4 is 24.6 Å². The maximum Gasteiger partial charge on any atom is 0.279 e. The number of fused-ring (bicyclic) bond motifs is 1. The molecule has 0 atom stereocenters. The Labute approximate surface area is 161 Å². The molecule has 0 saturated carbocycles. The molecule has 28 heavy (non-hydrogen) atoms. The summed E-state index contributed by atoms with van der Waals surface area (Å²) in [4.78, 5) is 14.8. The second-order valence-corrected chi connectivity index (χ2v) is 7.21. The van der Waals surface area contributed by atoms with Gasteiger partial charge in [-0.05, 0) is 30.3 Å². The van der Waals surface area contributed by atoms with Crippen molar-refractivity contribution < 1.29 is 32.8 Å². The van der Waals surface area contributed by atoms with Crippen LogP contribution in [0.25, 0.3) is 0 Å². The molecule has 2 aromatic carbocycles. The van der Waals surface area contributed by atoms with Crippen LogP contribution in [0.4, 0.5) is 14.5 Å². The molecule has 3 N–H and O–H groups in total. The van der Waals surface area contributed by atoms with Crippen LogP contribution in [0.15, 0.2) is 36.4 Å². The fraction of sp³-hybridized carbons (Fsp3) is 0.350. The number of piperazine rings is 1. The molecule has 6 nitrogen and oxygen atoms in total. The van der Waals surface area contributed by atoms with Crippen molar-refractivity contribution >= 4 is 11.6 Å². The summed E-state index contributed by atoms with van der Waals surface area (Å²) in [7, 11) is 0. The summed E-state index contributed by atoms with van der Waals surface area (Å²) in [5, 5.41) is 2.53. The molecule has 2 aliphatic rings. The fourth-order valence-electron chi connectivity index (χ4n) is 3.66. The monoisotopic (exact) mass is 391 g/mol. The zero-order chi connectivity index (χ0) is 19.5. The molecule has 0 unspecified atom stereocenters. The Morgan fingerprint density at radius 3 is 2.50 bits per heavy atom. The molecule has 0 radical (unpaired) electrons. The number of hydrogen-bond acceptors (Lipinski definition) is 3. The largest absolute Gasteiger partial charge is 0.454 e. The molecule has 8 heteroatoms. The van der Waals surface area contributed by atoms with Gasteiger partial charge in [0.05, 0.1) is 5.69 Å². The predicted molar refractivity (Wildman–Crippen MR) is 97.5 cm³/mol. The minimum atomic E-state index is -0.763. The molecule has 0 aromatic heterocycles. The maximum atomic E-state index is 13.6. The third-order valence-corrected chi connectivity index (χ3v) is 5.17. The van der Waals surface area contributed by atoms with Crippen LogP contribution >= 0.6 is 0 Å². The zero-order valence-corrected chi connectivity index (χ0v) is 15.4. The SMILES string of the molecule is O=C(C[NH+]1CC[NH+](Cc2ccc3c(c2)OCO3)CC1)Nc1ccc(F)cc1F.